The third-order valence-corrected chi connectivity index (χ3v) is 3.06. The minimum absolute atomic E-state index is 0.130. The molecular weight excluding hydrogens is 240 g/mol. The topological polar surface area (TPSA) is 72.9 Å². The molecule has 19 heavy (non-hydrogen) atoms. The van der Waals surface area contributed by atoms with Gasteiger partial charge in [0.1, 0.15) is 0 Å². The Morgan fingerprint density at radius 2 is 2.11 bits per heavy atom. The maximum Gasteiger partial charge on any atom is 0.251 e. The van der Waals surface area contributed by atoms with Gasteiger partial charge in [0, 0.05) is 24.5 Å². The van der Waals surface area contributed by atoms with Crippen LogP contribution in [0.5, 0.6) is 0 Å². The molecule has 1 heterocycles. The van der Waals surface area contributed by atoms with E-state index in [1.54, 1.807) is 10.7 Å². The summed E-state index contributed by atoms with van der Waals surface area (Å²) in [6.45, 7) is 4.24. The first-order valence-electron chi connectivity index (χ1n) is 6.11. The Balaban J connectivity index is 2.10. The summed E-state index contributed by atoms with van der Waals surface area (Å²) in [7, 11) is 1.84. The molecule has 0 aliphatic heterocycles. The molecule has 1 aromatic heterocycles. The smallest absolute Gasteiger partial charge is 0.251 e. The van der Waals surface area contributed by atoms with Crippen LogP contribution in [0.3, 0.4) is 0 Å². The first kappa shape index (κ1) is 13.1. The Morgan fingerprint density at radius 3 is 2.74 bits per heavy atom. The summed E-state index contributed by atoms with van der Waals surface area (Å²) < 4.78 is 1.70. The maximum absolute atomic E-state index is 12.1. The van der Waals surface area contributed by atoms with Crippen molar-refractivity contribution in [2.75, 3.05) is 5.73 Å². The van der Waals surface area contributed by atoms with Crippen LogP contribution < -0.4 is 11.1 Å². The third kappa shape index (κ3) is 2.93. The normalized spacial score (nSPS) is 10.5. The molecule has 1 amide bonds. The van der Waals surface area contributed by atoms with Gasteiger partial charge in [-0.3, -0.25) is 9.48 Å². The molecule has 0 saturated heterocycles. The third-order valence-electron chi connectivity index (χ3n) is 3.06. The van der Waals surface area contributed by atoms with Crippen LogP contribution in [0.4, 0.5) is 5.69 Å². The lowest BCUT2D eigenvalue weighted by Gasteiger charge is -2.09. The van der Waals surface area contributed by atoms with Gasteiger partial charge in [-0.15, -0.1) is 0 Å². The van der Waals surface area contributed by atoms with Gasteiger partial charge in [-0.25, -0.2) is 0 Å². The second kappa shape index (κ2) is 5.14. The van der Waals surface area contributed by atoms with Crippen LogP contribution in [0.15, 0.2) is 24.4 Å². The molecule has 0 aliphatic rings. The molecule has 3 N–H and O–H groups in total. The monoisotopic (exact) mass is 258 g/mol. The van der Waals surface area contributed by atoms with E-state index >= 15 is 0 Å². The SMILES string of the molecule is Cc1cc(C)c(C(=O)NCc2ccn(C)n2)cc1N. The molecule has 0 fully saturated rings. The maximum atomic E-state index is 12.1. The van der Waals surface area contributed by atoms with Gasteiger partial charge in [-0.2, -0.15) is 5.10 Å². The number of benzene rings is 1. The highest BCUT2D eigenvalue weighted by atomic mass is 16.1. The second-order valence-electron chi connectivity index (χ2n) is 4.69. The summed E-state index contributed by atoms with van der Waals surface area (Å²) in [4.78, 5) is 12.1. The molecule has 0 radical (unpaired) electrons. The van der Waals surface area contributed by atoms with Crippen molar-refractivity contribution < 1.29 is 4.79 Å². The fraction of sp³-hybridized carbons (Fsp3) is 0.286. The first-order chi connectivity index (χ1) is 8.97. The number of nitrogens with zero attached hydrogens (tertiary/aromatic N) is 2. The minimum atomic E-state index is -0.130. The number of nitrogens with one attached hydrogen (secondary N) is 1. The van der Waals surface area contributed by atoms with E-state index in [-0.39, 0.29) is 5.91 Å². The molecule has 0 aliphatic carbocycles. The Hall–Kier alpha value is -2.30. The largest absolute Gasteiger partial charge is 0.398 e. The summed E-state index contributed by atoms with van der Waals surface area (Å²) in [5, 5.41) is 7.05. The number of hydrogen-bond acceptors (Lipinski definition) is 3. The average molecular weight is 258 g/mol. The highest BCUT2D eigenvalue weighted by Gasteiger charge is 2.11. The predicted octanol–water partition coefficient (Wildman–Crippen LogP) is 1.55. The van der Waals surface area contributed by atoms with Crippen LogP contribution in [-0.4, -0.2) is 15.7 Å². The Morgan fingerprint density at radius 1 is 1.37 bits per heavy atom. The number of aromatic nitrogens is 2. The lowest BCUT2D eigenvalue weighted by Crippen LogP contribution is -2.24. The van der Waals surface area contributed by atoms with E-state index in [4.69, 9.17) is 5.73 Å². The highest BCUT2D eigenvalue weighted by Crippen LogP contribution is 2.17. The fourth-order valence-corrected chi connectivity index (χ4v) is 1.94. The van der Waals surface area contributed by atoms with Crippen molar-refractivity contribution in [2.24, 2.45) is 7.05 Å². The lowest BCUT2D eigenvalue weighted by atomic mass is 10.0. The number of nitrogen functional groups attached to an aromatic ring is 1. The zero-order chi connectivity index (χ0) is 14.0. The molecule has 0 unspecified atom stereocenters. The van der Waals surface area contributed by atoms with Gasteiger partial charge in [-0.05, 0) is 37.1 Å². The molecular formula is C14H18N4O. The van der Waals surface area contributed by atoms with Crippen molar-refractivity contribution in [1.29, 1.82) is 0 Å². The molecule has 0 spiro atoms. The summed E-state index contributed by atoms with van der Waals surface area (Å²) in [6.07, 6.45) is 1.84. The number of anilines is 1. The van der Waals surface area contributed by atoms with Gasteiger partial charge in [0.15, 0.2) is 0 Å². The van der Waals surface area contributed by atoms with Crippen LogP contribution in [0, 0.1) is 13.8 Å². The standard InChI is InChI=1S/C14H18N4O/c1-9-6-10(2)13(15)7-12(9)14(19)16-8-11-4-5-18(3)17-11/h4-7H,8,15H2,1-3H3,(H,16,19). The Bertz CT molecular complexity index is 616. The predicted molar refractivity (Wildman–Crippen MR) is 74.7 cm³/mol. The Kier molecular flexibility index (Phi) is 3.55. The Labute approximate surface area is 112 Å². The van der Waals surface area contributed by atoms with Crippen molar-refractivity contribution >= 4 is 11.6 Å². The number of rotatable bonds is 3. The molecule has 0 atom stereocenters. The van der Waals surface area contributed by atoms with Crippen molar-refractivity contribution in [2.45, 2.75) is 20.4 Å². The first-order valence-corrected chi connectivity index (χ1v) is 6.11. The molecule has 0 saturated carbocycles. The van der Waals surface area contributed by atoms with E-state index in [0.29, 0.717) is 17.8 Å². The van der Waals surface area contributed by atoms with Crippen molar-refractivity contribution in [3.63, 3.8) is 0 Å². The highest BCUT2D eigenvalue weighted by molar-refractivity contribution is 5.96. The van der Waals surface area contributed by atoms with E-state index in [1.165, 1.54) is 0 Å². The van der Waals surface area contributed by atoms with E-state index in [1.807, 2.05) is 39.2 Å². The van der Waals surface area contributed by atoms with E-state index in [0.717, 1.165) is 16.8 Å². The quantitative estimate of drug-likeness (QED) is 0.820. The number of hydrogen-bond donors (Lipinski definition) is 2. The molecule has 2 aromatic rings. The van der Waals surface area contributed by atoms with Crippen molar-refractivity contribution in [1.82, 2.24) is 15.1 Å². The van der Waals surface area contributed by atoms with Gasteiger partial charge in [0.25, 0.3) is 5.91 Å². The van der Waals surface area contributed by atoms with Crippen LogP contribution in [0.25, 0.3) is 0 Å². The summed E-state index contributed by atoms with van der Waals surface area (Å²) in [6, 6.07) is 5.51. The zero-order valence-corrected chi connectivity index (χ0v) is 11.4. The van der Waals surface area contributed by atoms with Crippen LogP contribution in [0.2, 0.25) is 0 Å². The fourth-order valence-electron chi connectivity index (χ4n) is 1.94. The van der Waals surface area contributed by atoms with Crippen molar-refractivity contribution in [3.05, 3.63) is 46.8 Å². The zero-order valence-electron chi connectivity index (χ0n) is 11.4. The van der Waals surface area contributed by atoms with E-state index in [9.17, 15) is 4.79 Å². The van der Waals surface area contributed by atoms with Crippen LogP contribution in [-0.2, 0) is 13.6 Å². The molecule has 100 valence electrons. The molecule has 1 aromatic carbocycles. The van der Waals surface area contributed by atoms with Gasteiger partial charge in [0.05, 0.1) is 12.2 Å². The summed E-state index contributed by atoms with van der Waals surface area (Å²) in [5.74, 6) is -0.130. The van der Waals surface area contributed by atoms with Gasteiger partial charge >= 0.3 is 0 Å². The number of carbonyl (C=O) groups is 1. The molecule has 5 nitrogen and oxygen atoms in total. The van der Waals surface area contributed by atoms with Gasteiger partial charge in [0.2, 0.25) is 0 Å². The summed E-state index contributed by atoms with van der Waals surface area (Å²) in [5.41, 5.74) is 9.82. The number of nitrogens with two attached hydrogens (primary N) is 1. The number of amides is 1. The summed E-state index contributed by atoms with van der Waals surface area (Å²) >= 11 is 0. The van der Waals surface area contributed by atoms with E-state index < -0.39 is 0 Å². The lowest BCUT2D eigenvalue weighted by molar-refractivity contribution is 0.0950. The van der Waals surface area contributed by atoms with E-state index in [2.05, 4.69) is 10.4 Å². The average Bonchev–Trinajstić information content (AvgIpc) is 2.77. The van der Waals surface area contributed by atoms with Gasteiger partial charge < -0.3 is 11.1 Å². The molecule has 0 bridgehead atoms. The van der Waals surface area contributed by atoms with Crippen LogP contribution >= 0.6 is 0 Å². The van der Waals surface area contributed by atoms with Crippen molar-refractivity contribution in [3.8, 4) is 0 Å². The molecule has 2 rings (SSSR count). The van der Waals surface area contributed by atoms with Gasteiger partial charge in [-0.1, -0.05) is 6.07 Å². The minimum Gasteiger partial charge on any atom is -0.398 e. The number of carbonyl (C=O) groups excluding carboxylic acids is 1. The second-order valence-corrected chi connectivity index (χ2v) is 4.69. The molecule has 5 heteroatoms. The number of aryl methyl sites for hydroxylation is 3. The van der Waals surface area contributed by atoms with Crippen LogP contribution in [0.1, 0.15) is 27.2 Å².